The molecule has 29 heavy (non-hydrogen) atoms. The number of benzene rings is 1. The van der Waals surface area contributed by atoms with Crippen LogP contribution in [-0.4, -0.2) is 29.9 Å². The quantitative estimate of drug-likeness (QED) is 0.659. The number of furan rings is 1. The molecule has 0 saturated carbocycles. The smallest absolute Gasteiger partial charge is 0.271 e. The van der Waals surface area contributed by atoms with Crippen molar-refractivity contribution in [2.24, 2.45) is 0 Å². The zero-order valence-electron chi connectivity index (χ0n) is 16.8. The first-order valence-electron chi connectivity index (χ1n) is 9.08. The van der Waals surface area contributed by atoms with Crippen LogP contribution < -0.4 is 20.3 Å². The van der Waals surface area contributed by atoms with Gasteiger partial charge in [0.15, 0.2) is 5.75 Å². The molecule has 8 nitrogen and oxygen atoms in total. The van der Waals surface area contributed by atoms with Crippen LogP contribution in [0.3, 0.4) is 0 Å². The van der Waals surface area contributed by atoms with Crippen LogP contribution in [0.2, 0.25) is 0 Å². The fraction of sp³-hybridized carbons (Fsp3) is 0.286. The number of hydrogen-bond donors (Lipinski definition) is 1. The second kappa shape index (κ2) is 8.64. The first kappa shape index (κ1) is 20.2. The number of nitrogens with one attached hydrogen (secondary N) is 1. The lowest BCUT2D eigenvalue weighted by Gasteiger charge is -2.16. The molecular formula is C21H23N3O5. The molecule has 3 aromatic rings. The highest BCUT2D eigenvalue weighted by molar-refractivity contribution is 5.79. The molecule has 0 aliphatic carbocycles. The summed E-state index contributed by atoms with van der Waals surface area (Å²) in [7, 11) is 3.05. The lowest BCUT2D eigenvalue weighted by molar-refractivity contribution is -0.124. The van der Waals surface area contributed by atoms with Crippen molar-refractivity contribution in [3.8, 4) is 22.8 Å². The Labute approximate surface area is 168 Å². The largest absolute Gasteiger partial charge is 0.497 e. The summed E-state index contributed by atoms with van der Waals surface area (Å²) >= 11 is 0. The van der Waals surface area contributed by atoms with E-state index in [0.717, 1.165) is 16.0 Å². The Morgan fingerprint density at radius 1 is 1.17 bits per heavy atom. The van der Waals surface area contributed by atoms with Crippen molar-refractivity contribution in [2.75, 3.05) is 14.2 Å². The first-order chi connectivity index (χ1) is 13.9. The Hall–Kier alpha value is -3.55. The number of rotatable bonds is 7. The Bertz CT molecular complexity index is 1050. The second-order valence-electron chi connectivity index (χ2n) is 6.48. The summed E-state index contributed by atoms with van der Waals surface area (Å²) in [5, 5.41) is 7.16. The molecule has 0 bridgehead atoms. The van der Waals surface area contributed by atoms with Crippen molar-refractivity contribution in [1.82, 2.24) is 15.1 Å². The van der Waals surface area contributed by atoms with E-state index in [0.29, 0.717) is 23.0 Å². The maximum absolute atomic E-state index is 12.6. The van der Waals surface area contributed by atoms with Crippen molar-refractivity contribution < 1.29 is 18.7 Å². The molecule has 2 heterocycles. The molecule has 1 N–H and O–H groups in total. The van der Waals surface area contributed by atoms with E-state index in [1.165, 1.54) is 13.2 Å². The van der Waals surface area contributed by atoms with Gasteiger partial charge in [-0.15, -0.1) is 0 Å². The van der Waals surface area contributed by atoms with Crippen LogP contribution in [-0.2, 0) is 11.3 Å². The van der Waals surface area contributed by atoms with Gasteiger partial charge < -0.3 is 19.2 Å². The molecule has 8 heteroatoms. The number of aryl methyl sites for hydroxylation is 1. The summed E-state index contributed by atoms with van der Waals surface area (Å²) in [6, 6.07) is 11.3. The number of methoxy groups -OCH3 is 2. The monoisotopic (exact) mass is 397 g/mol. The summed E-state index contributed by atoms with van der Waals surface area (Å²) < 4.78 is 17.1. The molecule has 0 aliphatic heterocycles. The molecule has 0 aliphatic rings. The Morgan fingerprint density at radius 2 is 1.90 bits per heavy atom. The van der Waals surface area contributed by atoms with E-state index >= 15 is 0 Å². The van der Waals surface area contributed by atoms with E-state index in [4.69, 9.17) is 13.9 Å². The molecular weight excluding hydrogens is 374 g/mol. The average molecular weight is 397 g/mol. The lowest BCUT2D eigenvalue weighted by atomic mass is 10.1. The number of ether oxygens (including phenoxy) is 2. The number of hydrogen-bond acceptors (Lipinski definition) is 6. The van der Waals surface area contributed by atoms with Gasteiger partial charge in [0.05, 0.1) is 20.8 Å². The van der Waals surface area contributed by atoms with E-state index in [9.17, 15) is 9.59 Å². The Balaban J connectivity index is 1.87. The molecule has 0 radical (unpaired) electrons. The number of aromatic nitrogens is 2. The topological polar surface area (TPSA) is 95.6 Å². The molecule has 1 amide bonds. The SMILES string of the molecule is COc1ccc(-c2nn([C@H](C)C(=O)NCc3ccc(C)o3)c(=O)cc2OC)cc1. The van der Waals surface area contributed by atoms with Crippen LogP contribution in [0, 0.1) is 6.92 Å². The molecule has 0 saturated heterocycles. The van der Waals surface area contributed by atoms with Gasteiger partial charge in [-0.05, 0) is 50.2 Å². The number of carbonyl (C=O) groups is 1. The summed E-state index contributed by atoms with van der Waals surface area (Å²) in [6.45, 7) is 3.67. The predicted molar refractivity (Wildman–Crippen MR) is 107 cm³/mol. The number of amides is 1. The molecule has 0 spiro atoms. The Kier molecular flexibility index (Phi) is 6.01. The fourth-order valence-electron chi connectivity index (χ4n) is 2.85. The molecule has 2 aromatic heterocycles. The van der Waals surface area contributed by atoms with E-state index < -0.39 is 11.6 Å². The zero-order chi connectivity index (χ0) is 21.0. The molecule has 3 rings (SSSR count). The third-order valence-electron chi connectivity index (χ3n) is 4.48. The third-order valence-corrected chi connectivity index (χ3v) is 4.48. The van der Waals surface area contributed by atoms with E-state index in [1.54, 1.807) is 32.2 Å². The van der Waals surface area contributed by atoms with Gasteiger partial charge >= 0.3 is 0 Å². The summed E-state index contributed by atoms with van der Waals surface area (Å²) in [5.74, 6) is 2.08. The van der Waals surface area contributed by atoms with Gasteiger partial charge in [-0.25, -0.2) is 4.68 Å². The van der Waals surface area contributed by atoms with Crippen LogP contribution >= 0.6 is 0 Å². The molecule has 1 atom stereocenters. The van der Waals surface area contributed by atoms with Crippen LogP contribution in [0.4, 0.5) is 0 Å². The first-order valence-corrected chi connectivity index (χ1v) is 9.08. The van der Waals surface area contributed by atoms with E-state index in [2.05, 4.69) is 10.4 Å². The maximum Gasteiger partial charge on any atom is 0.271 e. The average Bonchev–Trinajstić information content (AvgIpc) is 3.16. The minimum absolute atomic E-state index is 0.229. The van der Waals surface area contributed by atoms with Gasteiger partial charge in [-0.1, -0.05) is 0 Å². The minimum atomic E-state index is -0.818. The van der Waals surface area contributed by atoms with Gasteiger partial charge in [0, 0.05) is 11.6 Å². The molecule has 0 fully saturated rings. The van der Waals surface area contributed by atoms with Crippen LogP contribution in [0.25, 0.3) is 11.3 Å². The van der Waals surface area contributed by atoms with Crippen molar-refractivity contribution >= 4 is 5.91 Å². The van der Waals surface area contributed by atoms with Crippen LogP contribution in [0.5, 0.6) is 11.5 Å². The van der Waals surface area contributed by atoms with Gasteiger partial charge in [0.2, 0.25) is 5.91 Å². The zero-order valence-corrected chi connectivity index (χ0v) is 16.8. The highest BCUT2D eigenvalue weighted by Gasteiger charge is 2.20. The predicted octanol–water partition coefficient (Wildman–Crippen LogP) is 2.71. The standard InChI is InChI=1S/C21H23N3O5/c1-13-5-8-17(29-13)12-22-21(26)14(2)24-19(25)11-18(28-4)20(23-24)15-6-9-16(27-3)10-7-15/h5-11,14H,12H2,1-4H3,(H,22,26)/t14-/m1/s1. The summed E-state index contributed by atoms with van der Waals surface area (Å²) in [6.07, 6.45) is 0. The molecule has 152 valence electrons. The van der Waals surface area contributed by atoms with Gasteiger partial charge in [0.25, 0.3) is 5.56 Å². The van der Waals surface area contributed by atoms with Gasteiger partial charge in [-0.2, -0.15) is 5.10 Å². The van der Waals surface area contributed by atoms with Crippen molar-refractivity contribution in [3.63, 3.8) is 0 Å². The highest BCUT2D eigenvalue weighted by Crippen LogP contribution is 2.28. The van der Waals surface area contributed by atoms with Crippen LogP contribution in [0.1, 0.15) is 24.5 Å². The Morgan fingerprint density at radius 3 is 2.48 bits per heavy atom. The molecule has 1 aromatic carbocycles. The van der Waals surface area contributed by atoms with E-state index in [1.807, 2.05) is 25.1 Å². The van der Waals surface area contributed by atoms with Crippen LogP contribution in [0.15, 0.2) is 51.7 Å². The highest BCUT2D eigenvalue weighted by atomic mass is 16.5. The normalized spacial score (nSPS) is 11.7. The van der Waals surface area contributed by atoms with Gasteiger partial charge in [0.1, 0.15) is 29.0 Å². The number of carbonyl (C=O) groups excluding carboxylic acids is 1. The summed E-state index contributed by atoms with van der Waals surface area (Å²) in [5.41, 5.74) is 0.752. The molecule has 0 unspecified atom stereocenters. The number of nitrogens with zero attached hydrogens (tertiary/aromatic N) is 2. The van der Waals surface area contributed by atoms with Crippen molar-refractivity contribution in [1.29, 1.82) is 0 Å². The lowest BCUT2D eigenvalue weighted by Crippen LogP contribution is -2.36. The van der Waals surface area contributed by atoms with Gasteiger partial charge in [-0.3, -0.25) is 9.59 Å². The van der Waals surface area contributed by atoms with Crippen molar-refractivity contribution in [3.05, 3.63) is 64.3 Å². The maximum atomic E-state index is 12.6. The second-order valence-corrected chi connectivity index (χ2v) is 6.48. The van der Waals surface area contributed by atoms with Crippen molar-refractivity contribution in [2.45, 2.75) is 26.4 Å². The summed E-state index contributed by atoms with van der Waals surface area (Å²) in [4.78, 5) is 25.1. The fourth-order valence-corrected chi connectivity index (χ4v) is 2.85. The minimum Gasteiger partial charge on any atom is -0.497 e. The van der Waals surface area contributed by atoms with E-state index in [-0.39, 0.29) is 12.5 Å². The third kappa shape index (κ3) is 4.48.